The molecule has 0 spiro atoms. The third-order valence-corrected chi connectivity index (χ3v) is 5.72. The summed E-state index contributed by atoms with van der Waals surface area (Å²) in [5.74, 6) is -0.927. The van der Waals surface area contributed by atoms with Crippen molar-refractivity contribution in [3.05, 3.63) is 58.9 Å². The summed E-state index contributed by atoms with van der Waals surface area (Å²) in [6.45, 7) is 0.992. The van der Waals surface area contributed by atoms with E-state index in [1.54, 1.807) is 24.3 Å². The first-order valence-corrected chi connectivity index (χ1v) is 9.97. The van der Waals surface area contributed by atoms with Crippen molar-refractivity contribution in [2.75, 3.05) is 16.9 Å². The van der Waals surface area contributed by atoms with Gasteiger partial charge in [0, 0.05) is 12.6 Å². The number of amides is 2. The van der Waals surface area contributed by atoms with Crippen molar-refractivity contribution in [1.82, 2.24) is 14.4 Å². The van der Waals surface area contributed by atoms with Gasteiger partial charge >= 0.3 is 0 Å². The molecule has 3 aromatic rings. The SMILES string of the molecule is CC(=O)NS(=O)(=O)c1ccc(N2CC(=O)Nn3c2nc2ccccc2c3=O)cc1. The molecule has 4 rings (SSSR count). The summed E-state index contributed by atoms with van der Waals surface area (Å²) in [4.78, 5) is 41.9. The number of aromatic nitrogens is 2. The first-order valence-electron chi connectivity index (χ1n) is 8.49. The standard InChI is InChI=1S/C18H15N5O5S/c1-11(24)21-29(27,28)13-8-6-12(7-9-13)22-10-16(25)20-23-17(26)14-4-2-3-5-15(14)19-18(22)23/h2-9H,10H2,1H3,(H,20,25)(H,21,24). The zero-order valence-corrected chi connectivity index (χ0v) is 15.9. The Balaban J connectivity index is 1.80. The van der Waals surface area contributed by atoms with Crippen LogP contribution in [-0.2, 0) is 19.6 Å². The molecule has 1 aliphatic rings. The zero-order chi connectivity index (χ0) is 20.8. The average Bonchev–Trinajstić information content (AvgIpc) is 2.67. The molecule has 148 valence electrons. The highest BCUT2D eigenvalue weighted by Crippen LogP contribution is 2.27. The number of carbonyl (C=O) groups excluding carboxylic acids is 2. The molecule has 0 fully saturated rings. The van der Waals surface area contributed by atoms with Crippen molar-refractivity contribution in [1.29, 1.82) is 0 Å². The zero-order valence-electron chi connectivity index (χ0n) is 15.1. The number of hydrogen-bond acceptors (Lipinski definition) is 7. The minimum Gasteiger partial charge on any atom is -0.301 e. The lowest BCUT2D eigenvalue weighted by Crippen LogP contribution is -2.47. The number of fused-ring (bicyclic) bond motifs is 2. The lowest BCUT2D eigenvalue weighted by Gasteiger charge is -2.30. The van der Waals surface area contributed by atoms with E-state index < -0.39 is 27.4 Å². The molecule has 2 heterocycles. The third-order valence-electron chi connectivity index (χ3n) is 4.27. The fraction of sp³-hybridized carbons (Fsp3) is 0.111. The summed E-state index contributed by atoms with van der Waals surface area (Å²) >= 11 is 0. The predicted octanol–water partition coefficient (Wildman–Crippen LogP) is 0.443. The molecule has 1 aliphatic heterocycles. The van der Waals surface area contributed by atoms with E-state index in [1.807, 2.05) is 4.72 Å². The van der Waals surface area contributed by atoms with Crippen molar-refractivity contribution < 1.29 is 18.0 Å². The van der Waals surface area contributed by atoms with Gasteiger partial charge in [-0.25, -0.2) is 18.1 Å². The van der Waals surface area contributed by atoms with Crippen LogP contribution in [0.15, 0.2) is 58.2 Å². The highest BCUT2D eigenvalue weighted by molar-refractivity contribution is 7.90. The van der Waals surface area contributed by atoms with Gasteiger partial charge in [-0.05, 0) is 36.4 Å². The number of benzene rings is 2. The second-order valence-electron chi connectivity index (χ2n) is 6.35. The molecular formula is C18H15N5O5S. The maximum absolute atomic E-state index is 12.7. The molecule has 2 amide bonds. The molecule has 10 nitrogen and oxygen atoms in total. The van der Waals surface area contributed by atoms with Crippen LogP contribution in [0, 0.1) is 0 Å². The Morgan fingerprint density at radius 3 is 2.48 bits per heavy atom. The number of anilines is 2. The molecule has 0 bridgehead atoms. The minimum atomic E-state index is -3.98. The Hall–Kier alpha value is -3.73. The topological polar surface area (TPSA) is 130 Å². The van der Waals surface area contributed by atoms with Crippen LogP contribution in [0.5, 0.6) is 0 Å². The van der Waals surface area contributed by atoms with Crippen molar-refractivity contribution >= 4 is 44.4 Å². The molecule has 0 saturated heterocycles. The number of nitrogens with one attached hydrogen (secondary N) is 2. The maximum Gasteiger partial charge on any atom is 0.281 e. The van der Waals surface area contributed by atoms with Gasteiger partial charge in [-0.15, -0.1) is 0 Å². The quantitative estimate of drug-likeness (QED) is 0.637. The van der Waals surface area contributed by atoms with Crippen LogP contribution >= 0.6 is 0 Å². The van der Waals surface area contributed by atoms with Gasteiger partial charge in [0.1, 0.15) is 6.54 Å². The van der Waals surface area contributed by atoms with E-state index in [2.05, 4.69) is 10.4 Å². The van der Waals surface area contributed by atoms with Gasteiger partial charge in [0.05, 0.1) is 15.8 Å². The number of carbonyl (C=O) groups is 2. The van der Waals surface area contributed by atoms with Crippen molar-refractivity contribution in [2.24, 2.45) is 0 Å². The molecule has 11 heteroatoms. The Bertz CT molecular complexity index is 1310. The first-order chi connectivity index (χ1) is 13.8. The van der Waals surface area contributed by atoms with E-state index in [9.17, 15) is 22.8 Å². The second kappa shape index (κ2) is 6.71. The first kappa shape index (κ1) is 18.6. The maximum atomic E-state index is 12.7. The number of nitrogens with zero attached hydrogens (tertiary/aromatic N) is 3. The lowest BCUT2D eigenvalue weighted by atomic mass is 10.2. The van der Waals surface area contributed by atoms with Crippen molar-refractivity contribution in [3.8, 4) is 0 Å². The molecule has 1 aromatic heterocycles. The normalized spacial score (nSPS) is 13.7. The Morgan fingerprint density at radius 2 is 1.79 bits per heavy atom. The van der Waals surface area contributed by atoms with Crippen LogP contribution in [0.25, 0.3) is 10.9 Å². The summed E-state index contributed by atoms with van der Waals surface area (Å²) in [7, 11) is -3.98. The fourth-order valence-electron chi connectivity index (χ4n) is 3.04. The van der Waals surface area contributed by atoms with Gasteiger partial charge in [-0.2, -0.15) is 4.68 Å². The number of rotatable bonds is 3. The molecule has 29 heavy (non-hydrogen) atoms. The lowest BCUT2D eigenvalue weighted by molar-refractivity contribution is -0.117. The van der Waals surface area contributed by atoms with E-state index in [0.29, 0.717) is 16.6 Å². The smallest absolute Gasteiger partial charge is 0.281 e. The summed E-state index contributed by atoms with van der Waals surface area (Å²) in [6, 6.07) is 12.3. The number of para-hydroxylation sites is 1. The summed E-state index contributed by atoms with van der Waals surface area (Å²) in [5.41, 5.74) is 3.00. The van der Waals surface area contributed by atoms with Crippen LogP contribution in [0.3, 0.4) is 0 Å². The van der Waals surface area contributed by atoms with Gasteiger partial charge < -0.3 is 4.90 Å². The fourth-order valence-corrected chi connectivity index (χ4v) is 4.03. The highest BCUT2D eigenvalue weighted by Gasteiger charge is 2.27. The van der Waals surface area contributed by atoms with Gasteiger partial charge in [0.25, 0.3) is 21.5 Å². The van der Waals surface area contributed by atoms with E-state index >= 15 is 0 Å². The number of hydrogen-bond donors (Lipinski definition) is 2. The molecule has 0 unspecified atom stereocenters. The number of sulfonamides is 1. The van der Waals surface area contributed by atoms with Gasteiger partial charge in [0.2, 0.25) is 11.9 Å². The molecular weight excluding hydrogens is 398 g/mol. The van der Waals surface area contributed by atoms with Crippen LogP contribution in [0.4, 0.5) is 11.6 Å². The Labute approximate surface area is 164 Å². The van der Waals surface area contributed by atoms with Crippen molar-refractivity contribution in [3.63, 3.8) is 0 Å². The molecule has 2 N–H and O–H groups in total. The Kier molecular flexibility index (Phi) is 4.31. The molecule has 0 saturated carbocycles. The van der Waals surface area contributed by atoms with E-state index in [1.165, 1.54) is 29.2 Å². The molecule has 0 radical (unpaired) electrons. The summed E-state index contributed by atoms with van der Waals surface area (Å²) in [6.07, 6.45) is 0. The van der Waals surface area contributed by atoms with E-state index in [-0.39, 0.29) is 17.4 Å². The van der Waals surface area contributed by atoms with E-state index in [4.69, 9.17) is 0 Å². The molecule has 0 aliphatic carbocycles. The van der Waals surface area contributed by atoms with Gasteiger partial charge in [0.15, 0.2) is 0 Å². The summed E-state index contributed by atoms with van der Waals surface area (Å²) < 4.78 is 27.2. The molecule has 2 aromatic carbocycles. The molecule has 0 atom stereocenters. The van der Waals surface area contributed by atoms with Crippen LogP contribution < -0.4 is 20.6 Å². The van der Waals surface area contributed by atoms with Crippen LogP contribution in [0.2, 0.25) is 0 Å². The van der Waals surface area contributed by atoms with E-state index in [0.717, 1.165) is 11.6 Å². The largest absolute Gasteiger partial charge is 0.301 e. The monoisotopic (exact) mass is 413 g/mol. The van der Waals surface area contributed by atoms with Crippen LogP contribution in [0.1, 0.15) is 6.92 Å². The van der Waals surface area contributed by atoms with Crippen molar-refractivity contribution in [2.45, 2.75) is 11.8 Å². The summed E-state index contributed by atoms with van der Waals surface area (Å²) in [5, 5.41) is 0.357. The highest BCUT2D eigenvalue weighted by atomic mass is 32.2. The van der Waals surface area contributed by atoms with Gasteiger partial charge in [-0.3, -0.25) is 19.8 Å². The Morgan fingerprint density at radius 1 is 1.10 bits per heavy atom. The van der Waals surface area contributed by atoms with Crippen LogP contribution in [-0.4, -0.2) is 36.4 Å². The average molecular weight is 413 g/mol. The van der Waals surface area contributed by atoms with Gasteiger partial charge in [-0.1, -0.05) is 12.1 Å². The predicted molar refractivity (Wildman–Crippen MR) is 105 cm³/mol. The third kappa shape index (κ3) is 3.31. The minimum absolute atomic E-state index is 0.109. The second-order valence-corrected chi connectivity index (χ2v) is 8.03.